The van der Waals surface area contributed by atoms with E-state index in [4.69, 9.17) is 9.47 Å². The lowest BCUT2D eigenvalue weighted by Gasteiger charge is -2.42. The van der Waals surface area contributed by atoms with Gasteiger partial charge < -0.3 is 19.7 Å². The molecule has 0 spiro atoms. The average molecular weight is 364 g/mol. The van der Waals surface area contributed by atoms with Crippen LogP contribution in [0.3, 0.4) is 0 Å². The Hall–Kier alpha value is -1.14. The Morgan fingerprint density at radius 2 is 1.54 bits per heavy atom. The molecule has 6 nitrogen and oxygen atoms in total. The van der Waals surface area contributed by atoms with E-state index < -0.39 is 12.2 Å². The van der Waals surface area contributed by atoms with E-state index in [2.05, 4.69) is 5.32 Å². The predicted molar refractivity (Wildman–Crippen MR) is 96.5 cm³/mol. The Balaban J connectivity index is 1.18. The quantitative estimate of drug-likeness (QED) is 0.827. The highest BCUT2D eigenvalue weighted by molar-refractivity contribution is 5.85. The molecule has 2 saturated heterocycles. The van der Waals surface area contributed by atoms with E-state index in [0.717, 1.165) is 24.7 Å². The monoisotopic (exact) mass is 364 g/mol. The Morgan fingerprint density at radius 3 is 2.27 bits per heavy atom. The molecule has 0 aromatic rings. The van der Waals surface area contributed by atoms with Crippen molar-refractivity contribution >= 4 is 11.8 Å². The molecule has 2 heterocycles. The number of hydrogen-bond acceptors (Lipinski definition) is 4. The van der Waals surface area contributed by atoms with Crippen LogP contribution in [0.1, 0.15) is 57.8 Å². The van der Waals surface area contributed by atoms with Gasteiger partial charge in [-0.3, -0.25) is 9.59 Å². The van der Waals surface area contributed by atoms with Gasteiger partial charge in [0.15, 0.2) is 0 Å². The molecule has 146 valence electrons. The first-order valence-electron chi connectivity index (χ1n) is 10.5. The fourth-order valence-electron chi connectivity index (χ4n) is 5.06. The lowest BCUT2D eigenvalue weighted by atomic mass is 9.67. The van der Waals surface area contributed by atoms with Gasteiger partial charge in [0, 0.05) is 19.1 Å². The van der Waals surface area contributed by atoms with Gasteiger partial charge in [0.1, 0.15) is 12.2 Å². The summed E-state index contributed by atoms with van der Waals surface area (Å²) in [4.78, 5) is 26.8. The number of nitrogens with one attached hydrogen (secondary N) is 1. The summed E-state index contributed by atoms with van der Waals surface area (Å²) in [6.45, 7) is 2.43. The lowest BCUT2D eigenvalue weighted by Crippen LogP contribution is -2.50. The maximum absolute atomic E-state index is 12.5. The van der Waals surface area contributed by atoms with Crippen LogP contribution in [0.2, 0.25) is 0 Å². The fourth-order valence-corrected chi connectivity index (χ4v) is 5.06. The van der Waals surface area contributed by atoms with E-state index in [1.807, 2.05) is 0 Å². The number of hydrogen-bond donors (Lipinski definition) is 1. The zero-order valence-corrected chi connectivity index (χ0v) is 15.7. The van der Waals surface area contributed by atoms with Crippen molar-refractivity contribution in [2.24, 2.45) is 11.8 Å². The van der Waals surface area contributed by atoms with Gasteiger partial charge in [-0.25, -0.2) is 0 Å². The standard InChI is InChI=1S/C20H32N2O4/c23-19(21-16-12-15(13-16)14-4-2-1-3-5-14)17-6-7-18(26-17)20(24)22-8-10-25-11-9-22/h14-18H,1-13H2,(H,21,23)/t15?,16?,17-,18+/m0/s1. The minimum atomic E-state index is -0.460. The van der Waals surface area contributed by atoms with Crippen LogP contribution in [0, 0.1) is 11.8 Å². The Kier molecular flexibility index (Phi) is 5.79. The molecule has 6 heteroatoms. The first-order chi connectivity index (χ1) is 12.7. The van der Waals surface area contributed by atoms with Crippen molar-refractivity contribution in [2.75, 3.05) is 26.3 Å². The summed E-state index contributed by atoms with van der Waals surface area (Å²) in [5.41, 5.74) is 0. The van der Waals surface area contributed by atoms with E-state index in [1.54, 1.807) is 4.90 Å². The van der Waals surface area contributed by atoms with Crippen molar-refractivity contribution < 1.29 is 19.1 Å². The maximum Gasteiger partial charge on any atom is 0.251 e. The summed E-state index contributed by atoms with van der Waals surface area (Å²) in [6, 6.07) is 0.312. The van der Waals surface area contributed by atoms with Gasteiger partial charge in [-0.2, -0.15) is 0 Å². The number of amides is 2. The van der Waals surface area contributed by atoms with Crippen LogP contribution in [-0.2, 0) is 19.1 Å². The Labute approximate surface area is 156 Å². The molecule has 2 atom stereocenters. The third kappa shape index (κ3) is 4.06. The molecule has 0 bridgehead atoms. The highest BCUT2D eigenvalue weighted by Gasteiger charge is 2.40. The van der Waals surface area contributed by atoms with Crippen LogP contribution in [-0.4, -0.2) is 61.3 Å². The number of nitrogens with zero attached hydrogens (tertiary/aromatic N) is 1. The largest absolute Gasteiger partial charge is 0.378 e. The van der Waals surface area contributed by atoms with Crippen molar-refractivity contribution in [3.05, 3.63) is 0 Å². The van der Waals surface area contributed by atoms with Crippen LogP contribution < -0.4 is 5.32 Å². The second-order valence-electron chi connectivity index (χ2n) is 8.46. The molecule has 0 unspecified atom stereocenters. The van der Waals surface area contributed by atoms with Gasteiger partial charge in [-0.1, -0.05) is 32.1 Å². The molecular weight excluding hydrogens is 332 g/mol. The molecule has 4 aliphatic rings. The van der Waals surface area contributed by atoms with Crippen molar-refractivity contribution in [2.45, 2.75) is 76.0 Å². The predicted octanol–water partition coefficient (Wildman–Crippen LogP) is 1.87. The summed E-state index contributed by atoms with van der Waals surface area (Å²) >= 11 is 0. The zero-order valence-electron chi connectivity index (χ0n) is 15.7. The van der Waals surface area contributed by atoms with E-state index in [0.29, 0.717) is 45.2 Å². The van der Waals surface area contributed by atoms with Crippen molar-refractivity contribution in [1.29, 1.82) is 0 Å². The van der Waals surface area contributed by atoms with Crippen LogP contribution in [0.4, 0.5) is 0 Å². The molecule has 4 rings (SSSR count). The topological polar surface area (TPSA) is 67.9 Å². The highest BCUT2D eigenvalue weighted by atomic mass is 16.5. The van der Waals surface area contributed by atoms with Crippen LogP contribution >= 0.6 is 0 Å². The molecule has 2 saturated carbocycles. The third-order valence-electron chi connectivity index (χ3n) is 6.75. The molecule has 0 aromatic heterocycles. The normalized spacial score (nSPS) is 35.8. The average Bonchev–Trinajstić information content (AvgIpc) is 3.15. The third-order valence-corrected chi connectivity index (χ3v) is 6.75. The van der Waals surface area contributed by atoms with Crippen molar-refractivity contribution in [3.63, 3.8) is 0 Å². The van der Waals surface area contributed by atoms with Crippen LogP contribution in [0.5, 0.6) is 0 Å². The summed E-state index contributed by atoms with van der Waals surface area (Å²) in [6.07, 6.45) is 9.53. The first-order valence-corrected chi connectivity index (χ1v) is 10.5. The van der Waals surface area contributed by atoms with Crippen molar-refractivity contribution in [1.82, 2.24) is 10.2 Å². The van der Waals surface area contributed by atoms with Gasteiger partial charge in [0.05, 0.1) is 13.2 Å². The molecule has 4 fully saturated rings. The van der Waals surface area contributed by atoms with Crippen LogP contribution in [0.15, 0.2) is 0 Å². The fraction of sp³-hybridized carbons (Fsp3) is 0.900. The van der Waals surface area contributed by atoms with Crippen molar-refractivity contribution in [3.8, 4) is 0 Å². The number of carbonyl (C=O) groups is 2. The van der Waals surface area contributed by atoms with E-state index in [-0.39, 0.29) is 11.8 Å². The minimum Gasteiger partial charge on any atom is -0.378 e. The second-order valence-corrected chi connectivity index (χ2v) is 8.46. The van der Waals surface area contributed by atoms with E-state index in [9.17, 15) is 9.59 Å². The minimum absolute atomic E-state index is 0.0182. The van der Waals surface area contributed by atoms with E-state index in [1.165, 1.54) is 32.1 Å². The summed E-state index contributed by atoms with van der Waals surface area (Å²) in [7, 11) is 0. The summed E-state index contributed by atoms with van der Waals surface area (Å²) < 4.78 is 11.1. The molecule has 2 aliphatic carbocycles. The van der Waals surface area contributed by atoms with Gasteiger partial charge in [-0.05, 0) is 37.5 Å². The number of rotatable bonds is 4. The zero-order chi connectivity index (χ0) is 17.9. The summed E-state index contributed by atoms with van der Waals surface area (Å²) in [5.74, 6) is 1.69. The molecule has 26 heavy (non-hydrogen) atoms. The molecule has 0 aromatic carbocycles. The Bertz CT molecular complexity index is 508. The van der Waals surface area contributed by atoms with Gasteiger partial charge in [0.2, 0.25) is 5.91 Å². The highest BCUT2D eigenvalue weighted by Crippen LogP contribution is 2.41. The molecular formula is C20H32N2O4. The Morgan fingerprint density at radius 1 is 0.846 bits per heavy atom. The molecule has 2 amide bonds. The number of morpholine rings is 1. The SMILES string of the molecule is O=C(NC1CC(C2CCCCC2)C1)[C@@H]1CC[C@H](C(=O)N2CCOCC2)O1. The van der Waals surface area contributed by atoms with E-state index >= 15 is 0 Å². The van der Waals surface area contributed by atoms with Gasteiger partial charge >= 0.3 is 0 Å². The number of carbonyl (C=O) groups excluding carboxylic acids is 2. The van der Waals surface area contributed by atoms with Gasteiger partial charge in [-0.15, -0.1) is 0 Å². The maximum atomic E-state index is 12.5. The smallest absolute Gasteiger partial charge is 0.251 e. The molecule has 0 radical (unpaired) electrons. The second kappa shape index (κ2) is 8.26. The van der Waals surface area contributed by atoms with Gasteiger partial charge in [0.25, 0.3) is 5.91 Å². The molecule has 1 N–H and O–H groups in total. The lowest BCUT2D eigenvalue weighted by molar-refractivity contribution is -0.150. The number of ether oxygens (including phenoxy) is 2. The van der Waals surface area contributed by atoms with Crippen LogP contribution in [0.25, 0.3) is 0 Å². The summed E-state index contributed by atoms with van der Waals surface area (Å²) in [5, 5.41) is 3.16. The first kappa shape index (κ1) is 18.2. The molecule has 2 aliphatic heterocycles.